The van der Waals surface area contributed by atoms with Gasteiger partial charge in [0, 0.05) is 12.2 Å². The summed E-state index contributed by atoms with van der Waals surface area (Å²) >= 11 is 0. The largest absolute Gasteiger partial charge is 0.369 e. The molecule has 0 radical (unpaired) electrons. The van der Waals surface area contributed by atoms with E-state index in [0.717, 1.165) is 0 Å². The zero-order valence-corrected chi connectivity index (χ0v) is 9.56. The summed E-state index contributed by atoms with van der Waals surface area (Å²) in [6, 6.07) is 3.58. The van der Waals surface area contributed by atoms with Gasteiger partial charge in [0.1, 0.15) is 0 Å². The number of ketones is 1. The van der Waals surface area contributed by atoms with Crippen LogP contribution >= 0.6 is 0 Å². The molecule has 1 rings (SSSR count). The first kappa shape index (κ1) is 12.4. The molecular weight excluding hydrogens is 206 g/mol. The van der Waals surface area contributed by atoms with Crippen LogP contribution in [0.5, 0.6) is 0 Å². The molecule has 0 saturated carbocycles. The lowest BCUT2D eigenvalue weighted by Gasteiger charge is -2.23. The smallest absolute Gasteiger partial charge is 0.231 e. The van der Waals surface area contributed by atoms with E-state index in [1.54, 1.807) is 23.2 Å². The zero-order chi connectivity index (χ0) is 12.1. The van der Waals surface area contributed by atoms with Crippen LogP contribution < -0.4 is 5.73 Å². The Hall–Kier alpha value is -1.62. The number of aromatic amines is 1. The fraction of sp³-hybridized carbons (Fsp3) is 0.455. The number of carbonyl (C=O) groups excluding carboxylic acids is 2. The maximum atomic E-state index is 11.8. The number of Topliss-reactive ketones (excluding diaryl/α,β-unsaturated/α-hetero) is 1. The first-order valence-corrected chi connectivity index (χ1v) is 5.19. The summed E-state index contributed by atoms with van der Waals surface area (Å²) in [7, 11) is 0. The fourth-order valence-corrected chi connectivity index (χ4v) is 1.39. The summed E-state index contributed by atoms with van der Waals surface area (Å²) in [4.78, 5) is 27.2. The molecule has 1 heterocycles. The van der Waals surface area contributed by atoms with Gasteiger partial charge in [0.2, 0.25) is 5.91 Å². The second kappa shape index (κ2) is 5.46. The SMILES string of the molecule is CC(C)N(CC(N)=O)CC(=O)c1ccc[nH]1. The standard InChI is InChI=1S/C11H17N3O2/c1-8(2)14(7-11(12)16)6-10(15)9-4-3-5-13-9/h3-5,8,13H,6-7H2,1-2H3,(H2,12,16). The van der Waals surface area contributed by atoms with Crippen molar-refractivity contribution in [2.24, 2.45) is 5.73 Å². The number of aromatic nitrogens is 1. The Morgan fingerprint density at radius 3 is 2.56 bits per heavy atom. The summed E-state index contributed by atoms with van der Waals surface area (Å²) in [5.74, 6) is -0.465. The van der Waals surface area contributed by atoms with E-state index in [1.807, 2.05) is 13.8 Å². The van der Waals surface area contributed by atoms with Gasteiger partial charge in [-0.3, -0.25) is 14.5 Å². The van der Waals surface area contributed by atoms with Crippen LogP contribution in [-0.2, 0) is 4.79 Å². The van der Waals surface area contributed by atoms with Gasteiger partial charge in [-0.05, 0) is 26.0 Å². The van der Waals surface area contributed by atoms with Crippen molar-refractivity contribution in [3.8, 4) is 0 Å². The summed E-state index contributed by atoms with van der Waals surface area (Å²) in [6.45, 7) is 4.14. The minimum Gasteiger partial charge on any atom is -0.369 e. The molecule has 0 aliphatic carbocycles. The Kier molecular flexibility index (Phi) is 4.25. The lowest BCUT2D eigenvalue weighted by Crippen LogP contribution is -2.41. The number of carbonyl (C=O) groups is 2. The van der Waals surface area contributed by atoms with Crippen LogP contribution in [0.1, 0.15) is 24.3 Å². The highest BCUT2D eigenvalue weighted by Gasteiger charge is 2.17. The third kappa shape index (κ3) is 3.51. The van der Waals surface area contributed by atoms with Crippen molar-refractivity contribution in [3.05, 3.63) is 24.0 Å². The Labute approximate surface area is 94.6 Å². The van der Waals surface area contributed by atoms with E-state index in [4.69, 9.17) is 5.73 Å². The monoisotopic (exact) mass is 223 g/mol. The second-order valence-electron chi connectivity index (χ2n) is 3.97. The van der Waals surface area contributed by atoms with Crippen molar-refractivity contribution in [2.45, 2.75) is 19.9 Å². The van der Waals surface area contributed by atoms with E-state index in [1.165, 1.54) is 0 Å². The van der Waals surface area contributed by atoms with E-state index in [9.17, 15) is 9.59 Å². The van der Waals surface area contributed by atoms with Crippen molar-refractivity contribution >= 4 is 11.7 Å². The highest BCUT2D eigenvalue weighted by atomic mass is 16.1. The molecule has 1 aromatic heterocycles. The molecule has 16 heavy (non-hydrogen) atoms. The van der Waals surface area contributed by atoms with Gasteiger partial charge < -0.3 is 10.7 Å². The molecular formula is C11H17N3O2. The Bertz CT molecular complexity index is 357. The summed E-state index contributed by atoms with van der Waals surface area (Å²) < 4.78 is 0. The fourth-order valence-electron chi connectivity index (χ4n) is 1.39. The van der Waals surface area contributed by atoms with Crippen LogP contribution in [0.15, 0.2) is 18.3 Å². The molecule has 0 bridgehead atoms. The summed E-state index contributed by atoms with van der Waals surface area (Å²) in [5, 5.41) is 0. The highest BCUT2D eigenvalue weighted by molar-refractivity contribution is 5.96. The lowest BCUT2D eigenvalue weighted by atomic mass is 10.2. The average Bonchev–Trinajstić information content (AvgIpc) is 2.68. The molecule has 0 saturated heterocycles. The number of hydrogen-bond acceptors (Lipinski definition) is 3. The average molecular weight is 223 g/mol. The number of nitrogens with one attached hydrogen (secondary N) is 1. The molecule has 0 aliphatic heterocycles. The first-order chi connectivity index (χ1) is 7.50. The van der Waals surface area contributed by atoms with Crippen molar-refractivity contribution in [1.29, 1.82) is 0 Å². The van der Waals surface area contributed by atoms with Crippen molar-refractivity contribution in [3.63, 3.8) is 0 Å². The summed E-state index contributed by atoms with van der Waals surface area (Å²) in [5.41, 5.74) is 5.68. The van der Waals surface area contributed by atoms with Gasteiger partial charge in [-0.25, -0.2) is 0 Å². The minimum atomic E-state index is -0.423. The van der Waals surface area contributed by atoms with E-state index in [2.05, 4.69) is 4.98 Å². The number of hydrogen-bond donors (Lipinski definition) is 2. The van der Waals surface area contributed by atoms with Crippen LogP contribution in [0.3, 0.4) is 0 Å². The van der Waals surface area contributed by atoms with Crippen LogP contribution in [0.4, 0.5) is 0 Å². The molecule has 0 fully saturated rings. The third-order valence-electron chi connectivity index (χ3n) is 2.33. The third-order valence-corrected chi connectivity index (χ3v) is 2.33. The van der Waals surface area contributed by atoms with E-state index >= 15 is 0 Å². The number of amides is 1. The van der Waals surface area contributed by atoms with Gasteiger partial charge in [0.05, 0.1) is 18.8 Å². The van der Waals surface area contributed by atoms with Crippen LogP contribution in [0, 0.1) is 0 Å². The number of nitrogens with zero attached hydrogens (tertiary/aromatic N) is 1. The van der Waals surface area contributed by atoms with E-state index in [-0.39, 0.29) is 24.9 Å². The predicted molar refractivity (Wildman–Crippen MR) is 61.0 cm³/mol. The molecule has 0 spiro atoms. The highest BCUT2D eigenvalue weighted by Crippen LogP contribution is 2.02. The molecule has 88 valence electrons. The van der Waals surface area contributed by atoms with Crippen molar-refractivity contribution in [2.75, 3.05) is 13.1 Å². The lowest BCUT2D eigenvalue weighted by molar-refractivity contribution is -0.119. The predicted octanol–water partition coefficient (Wildman–Crippen LogP) is 0.393. The normalized spacial score (nSPS) is 11.0. The van der Waals surface area contributed by atoms with E-state index < -0.39 is 5.91 Å². The van der Waals surface area contributed by atoms with Gasteiger partial charge >= 0.3 is 0 Å². The number of H-pyrrole nitrogens is 1. The second-order valence-corrected chi connectivity index (χ2v) is 3.97. The quantitative estimate of drug-likeness (QED) is 0.685. The van der Waals surface area contributed by atoms with Crippen LogP contribution in [0.25, 0.3) is 0 Å². The van der Waals surface area contributed by atoms with Gasteiger partial charge in [0.15, 0.2) is 5.78 Å². The number of rotatable bonds is 6. The zero-order valence-electron chi connectivity index (χ0n) is 9.56. The molecule has 0 aliphatic rings. The molecule has 0 unspecified atom stereocenters. The van der Waals surface area contributed by atoms with Gasteiger partial charge in [-0.2, -0.15) is 0 Å². The van der Waals surface area contributed by atoms with E-state index in [0.29, 0.717) is 5.69 Å². The van der Waals surface area contributed by atoms with Crippen LogP contribution in [0.2, 0.25) is 0 Å². The molecule has 5 heteroatoms. The van der Waals surface area contributed by atoms with Gasteiger partial charge in [-0.15, -0.1) is 0 Å². The number of primary amides is 1. The molecule has 0 atom stereocenters. The van der Waals surface area contributed by atoms with Crippen molar-refractivity contribution in [1.82, 2.24) is 9.88 Å². The molecule has 5 nitrogen and oxygen atoms in total. The van der Waals surface area contributed by atoms with Crippen molar-refractivity contribution < 1.29 is 9.59 Å². The Morgan fingerprint density at radius 1 is 1.44 bits per heavy atom. The summed E-state index contributed by atoms with van der Waals surface area (Å²) in [6.07, 6.45) is 1.70. The Balaban J connectivity index is 2.61. The van der Waals surface area contributed by atoms with Gasteiger partial charge in [0.25, 0.3) is 0 Å². The molecule has 0 aromatic carbocycles. The molecule has 1 amide bonds. The maximum absolute atomic E-state index is 11.8. The maximum Gasteiger partial charge on any atom is 0.231 e. The van der Waals surface area contributed by atoms with Gasteiger partial charge in [-0.1, -0.05) is 0 Å². The molecule has 1 aromatic rings. The number of nitrogens with two attached hydrogens (primary N) is 1. The molecule has 3 N–H and O–H groups in total. The first-order valence-electron chi connectivity index (χ1n) is 5.19. The Morgan fingerprint density at radius 2 is 2.12 bits per heavy atom. The van der Waals surface area contributed by atoms with Crippen LogP contribution in [-0.4, -0.2) is 40.7 Å². The topological polar surface area (TPSA) is 79.2 Å². The minimum absolute atomic E-state index is 0.0417.